The first kappa shape index (κ1) is 18.0. The summed E-state index contributed by atoms with van der Waals surface area (Å²) in [5, 5.41) is 5.23. The first-order chi connectivity index (χ1) is 11.4. The van der Waals surface area contributed by atoms with E-state index >= 15 is 0 Å². The fraction of sp³-hybridized carbons (Fsp3) is 0.500. The summed E-state index contributed by atoms with van der Waals surface area (Å²) in [5.41, 5.74) is 2.46. The van der Waals surface area contributed by atoms with Crippen LogP contribution in [-0.4, -0.2) is 30.8 Å². The van der Waals surface area contributed by atoms with Crippen molar-refractivity contribution >= 4 is 29.1 Å². The minimum atomic E-state index is -0.669. The second-order valence-corrected chi connectivity index (χ2v) is 6.51. The van der Waals surface area contributed by atoms with Crippen LogP contribution in [0.15, 0.2) is 18.2 Å². The summed E-state index contributed by atoms with van der Waals surface area (Å²) in [5.74, 6) is -0.813. The Labute approximate surface area is 142 Å². The number of fused-ring (bicyclic) bond motifs is 1. The smallest absolute Gasteiger partial charge is 0.313 e. The molecule has 0 radical (unpaired) electrons. The van der Waals surface area contributed by atoms with Crippen molar-refractivity contribution in [3.8, 4) is 0 Å². The third kappa shape index (κ3) is 4.57. The van der Waals surface area contributed by atoms with Gasteiger partial charge in [-0.25, -0.2) is 0 Å². The molecule has 24 heavy (non-hydrogen) atoms. The van der Waals surface area contributed by atoms with E-state index in [-0.39, 0.29) is 5.91 Å². The van der Waals surface area contributed by atoms with Gasteiger partial charge in [0.1, 0.15) is 0 Å². The minimum absolute atomic E-state index is 0.0114. The summed E-state index contributed by atoms with van der Waals surface area (Å²) in [7, 11) is 0. The molecule has 0 atom stereocenters. The van der Waals surface area contributed by atoms with Crippen molar-refractivity contribution in [3.63, 3.8) is 0 Å². The molecular weight excluding hydrogens is 306 g/mol. The van der Waals surface area contributed by atoms with E-state index < -0.39 is 11.8 Å². The molecule has 0 bridgehead atoms. The third-order valence-electron chi connectivity index (χ3n) is 4.05. The predicted octanol–water partition coefficient (Wildman–Crippen LogP) is 2.09. The topological polar surface area (TPSA) is 78.5 Å². The first-order valence-corrected chi connectivity index (χ1v) is 8.38. The molecule has 1 aromatic rings. The van der Waals surface area contributed by atoms with E-state index in [1.165, 1.54) is 0 Å². The Bertz CT molecular complexity index is 640. The maximum atomic E-state index is 11.9. The van der Waals surface area contributed by atoms with E-state index in [4.69, 9.17) is 0 Å². The van der Waals surface area contributed by atoms with E-state index in [0.29, 0.717) is 24.7 Å². The lowest BCUT2D eigenvalue weighted by atomic mass is 10.0. The van der Waals surface area contributed by atoms with Gasteiger partial charge in [-0.2, -0.15) is 0 Å². The van der Waals surface area contributed by atoms with Crippen LogP contribution in [0.3, 0.4) is 0 Å². The van der Waals surface area contributed by atoms with Crippen molar-refractivity contribution in [1.29, 1.82) is 0 Å². The molecule has 0 fully saturated rings. The lowest BCUT2D eigenvalue weighted by Gasteiger charge is -2.28. The van der Waals surface area contributed by atoms with Crippen LogP contribution in [0.5, 0.6) is 0 Å². The van der Waals surface area contributed by atoms with E-state index in [1.807, 2.05) is 12.1 Å². The molecule has 1 heterocycles. The Morgan fingerprint density at radius 2 is 1.96 bits per heavy atom. The van der Waals surface area contributed by atoms with Crippen LogP contribution >= 0.6 is 0 Å². The van der Waals surface area contributed by atoms with Crippen LogP contribution in [0, 0.1) is 5.92 Å². The molecule has 6 nitrogen and oxygen atoms in total. The maximum Gasteiger partial charge on any atom is 0.313 e. The van der Waals surface area contributed by atoms with Gasteiger partial charge in [0.15, 0.2) is 0 Å². The fourth-order valence-corrected chi connectivity index (χ4v) is 2.74. The number of anilines is 2. The van der Waals surface area contributed by atoms with Crippen molar-refractivity contribution in [3.05, 3.63) is 23.8 Å². The molecule has 3 amide bonds. The third-order valence-corrected chi connectivity index (χ3v) is 4.05. The molecule has 1 aromatic carbocycles. The normalized spacial score (nSPS) is 13.4. The Balaban J connectivity index is 1.99. The predicted molar refractivity (Wildman–Crippen MR) is 93.9 cm³/mol. The zero-order valence-corrected chi connectivity index (χ0v) is 14.5. The van der Waals surface area contributed by atoms with Crippen LogP contribution in [0.1, 0.15) is 39.2 Å². The highest BCUT2D eigenvalue weighted by Gasteiger charge is 2.21. The van der Waals surface area contributed by atoms with Gasteiger partial charge in [-0.15, -0.1) is 0 Å². The molecule has 6 heteroatoms. The van der Waals surface area contributed by atoms with Gasteiger partial charge in [0.05, 0.1) is 0 Å². The second-order valence-electron chi connectivity index (χ2n) is 6.51. The molecule has 2 N–H and O–H groups in total. The second kappa shape index (κ2) is 7.95. The number of nitrogens with one attached hydrogen (secondary N) is 2. The Morgan fingerprint density at radius 1 is 1.21 bits per heavy atom. The highest BCUT2D eigenvalue weighted by Crippen LogP contribution is 2.29. The van der Waals surface area contributed by atoms with Gasteiger partial charge in [-0.1, -0.05) is 13.8 Å². The zero-order valence-electron chi connectivity index (χ0n) is 14.5. The molecule has 0 spiro atoms. The number of amides is 3. The molecule has 130 valence electrons. The average Bonchev–Trinajstić information content (AvgIpc) is 2.53. The van der Waals surface area contributed by atoms with Crippen molar-refractivity contribution in [2.24, 2.45) is 5.92 Å². The van der Waals surface area contributed by atoms with Gasteiger partial charge in [0, 0.05) is 31.4 Å². The number of nitrogens with zero attached hydrogens (tertiary/aromatic N) is 1. The van der Waals surface area contributed by atoms with E-state index in [0.717, 1.165) is 30.5 Å². The quantitative estimate of drug-likeness (QED) is 0.829. The Hall–Kier alpha value is -2.37. The largest absolute Gasteiger partial charge is 0.348 e. The van der Waals surface area contributed by atoms with Gasteiger partial charge in [-0.05, 0) is 48.9 Å². The summed E-state index contributed by atoms with van der Waals surface area (Å²) in [6, 6.07) is 5.38. The number of hydrogen-bond acceptors (Lipinski definition) is 3. The standard InChI is InChI=1S/C18H25N3O3/c1-12(2)8-9-19-17(23)18(24)20-15-6-7-16-14(11-15)5-4-10-21(16)13(3)22/h6-7,11-12H,4-5,8-10H2,1-3H3,(H,19,23)(H,20,24). The van der Waals surface area contributed by atoms with Gasteiger partial charge in [0.25, 0.3) is 0 Å². The number of carbonyl (C=O) groups excluding carboxylic acids is 3. The first-order valence-electron chi connectivity index (χ1n) is 8.38. The fourth-order valence-electron chi connectivity index (χ4n) is 2.74. The molecule has 0 saturated carbocycles. The lowest BCUT2D eigenvalue weighted by Crippen LogP contribution is -2.36. The molecule has 1 aliphatic heterocycles. The summed E-state index contributed by atoms with van der Waals surface area (Å²) in [6.07, 6.45) is 2.57. The average molecular weight is 331 g/mol. The SMILES string of the molecule is CC(=O)N1CCCc2cc(NC(=O)C(=O)NCCC(C)C)ccc21. The number of aryl methyl sites for hydroxylation is 1. The van der Waals surface area contributed by atoms with E-state index in [2.05, 4.69) is 24.5 Å². The zero-order chi connectivity index (χ0) is 17.7. The number of benzene rings is 1. The highest BCUT2D eigenvalue weighted by atomic mass is 16.2. The highest BCUT2D eigenvalue weighted by molar-refractivity contribution is 6.39. The Kier molecular flexibility index (Phi) is 5.95. The van der Waals surface area contributed by atoms with Gasteiger partial charge >= 0.3 is 11.8 Å². The molecule has 0 unspecified atom stereocenters. The van der Waals surface area contributed by atoms with Gasteiger partial charge in [-0.3, -0.25) is 14.4 Å². The van der Waals surface area contributed by atoms with Crippen LogP contribution in [0.2, 0.25) is 0 Å². The van der Waals surface area contributed by atoms with Crippen LogP contribution in [0.25, 0.3) is 0 Å². The molecule has 0 saturated heterocycles. The summed E-state index contributed by atoms with van der Waals surface area (Å²) >= 11 is 0. The monoisotopic (exact) mass is 331 g/mol. The lowest BCUT2D eigenvalue weighted by molar-refractivity contribution is -0.136. The molecule has 1 aliphatic rings. The molecule has 2 rings (SSSR count). The van der Waals surface area contributed by atoms with Crippen LogP contribution in [0.4, 0.5) is 11.4 Å². The summed E-state index contributed by atoms with van der Waals surface area (Å²) < 4.78 is 0. The van der Waals surface area contributed by atoms with E-state index in [1.54, 1.807) is 17.9 Å². The minimum Gasteiger partial charge on any atom is -0.348 e. The van der Waals surface area contributed by atoms with Gasteiger partial charge < -0.3 is 15.5 Å². The van der Waals surface area contributed by atoms with Crippen molar-refractivity contribution in [2.75, 3.05) is 23.3 Å². The number of hydrogen-bond donors (Lipinski definition) is 2. The van der Waals surface area contributed by atoms with Gasteiger partial charge in [0.2, 0.25) is 5.91 Å². The van der Waals surface area contributed by atoms with Crippen molar-refractivity contribution in [2.45, 2.75) is 40.0 Å². The van der Waals surface area contributed by atoms with Crippen LogP contribution < -0.4 is 15.5 Å². The molecule has 0 aromatic heterocycles. The Morgan fingerprint density at radius 3 is 2.62 bits per heavy atom. The van der Waals surface area contributed by atoms with Crippen LogP contribution in [-0.2, 0) is 20.8 Å². The van der Waals surface area contributed by atoms with Crippen molar-refractivity contribution in [1.82, 2.24) is 5.32 Å². The van der Waals surface area contributed by atoms with E-state index in [9.17, 15) is 14.4 Å². The summed E-state index contributed by atoms with van der Waals surface area (Å²) in [6.45, 7) is 6.87. The molecule has 0 aliphatic carbocycles. The summed E-state index contributed by atoms with van der Waals surface area (Å²) in [4.78, 5) is 37.1. The maximum absolute atomic E-state index is 11.9. The number of carbonyl (C=O) groups is 3. The van der Waals surface area contributed by atoms with Crippen molar-refractivity contribution < 1.29 is 14.4 Å². The number of rotatable bonds is 4. The molecular formula is C18H25N3O3.